The van der Waals surface area contributed by atoms with Crippen LogP contribution in [-0.2, 0) is 6.54 Å². The summed E-state index contributed by atoms with van der Waals surface area (Å²) in [4.78, 5) is 1.28. The Morgan fingerprint density at radius 1 is 1.26 bits per heavy atom. The van der Waals surface area contributed by atoms with Crippen LogP contribution in [0.25, 0.3) is 0 Å². The SMILES string of the molecule is Fc1ccc(F)c(CNC(c2cccs2)C2CC2)c1. The molecule has 0 bridgehead atoms. The van der Waals surface area contributed by atoms with Gasteiger partial charge >= 0.3 is 0 Å². The molecule has 100 valence electrons. The quantitative estimate of drug-likeness (QED) is 0.862. The fourth-order valence-corrected chi connectivity index (χ4v) is 3.19. The average molecular weight is 279 g/mol. The molecule has 3 rings (SSSR count). The predicted molar refractivity (Wildman–Crippen MR) is 73.0 cm³/mol. The molecule has 1 saturated carbocycles. The maximum absolute atomic E-state index is 13.6. The largest absolute Gasteiger partial charge is 0.305 e. The maximum atomic E-state index is 13.6. The van der Waals surface area contributed by atoms with Gasteiger partial charge in [0, 0.05) is 23.0 Å². The molecule has 1 aromatic carbocycles. The lowest BCUT2D eigenvalue weighted by Crippen LogP contribution is -2.22. The lowest BCUT2D eigenvalue weighted by Gasteiger charge is -2.17. The molecule has 1 aliphatic carbocycles. The van der Waals surface area contributed by atoms with Crippen LogP contribution in [0.5, 0.6) is 0 Å². The smallest absolute Gasteiger partial charge is 0.127 e. The summed E-state index contributed by atoms with van der Waals surface area (Å²) < 4.78 is 26.7. The third-order valence-electron chi connectivity index (χ3n) is 3.46. The zero-order valence-electron chi connectivity index (χ0n) is 10.4. The highest BCUT2D eigenvalue weighted by Gasteiger charge is 2.32. The van der Waals surface area contributed by atoms with E-state index < -0.39 is 5.82 Å². The minimum absolute atomic E-state index is 0.266. The Bertz CT molecular complexity index is 549. The molecule has 2 aromatic rings. The van der Waals surface area contributed by atoms with Crippen LogP contribution in [0, 0.1) is 17.6 Å². The second kappa shape index (κ2) is 5.39. The van der Waals surface area contributed by atoms with Gasteiger partial charge in [0.15, 0.2) is 0 Å². The van der Waals surface area contributed by atoms with E-state index in [1.807, 2.05) is 6.07 Å². The van der Waals surface area contributed by atoms with Crippen LogP contribution in [-0.4, -0.2) is 0 Å². The van der Waals surface area contributed by atoms with Gasteiger partial charge in [-0.05, 0) is 48.4 Å². The monoisotopic (exact) mass is 279 g/mol. The lowest BCUT2D eigenvalue weighted by atomic mass is 10.1. The molecule has 1 unspecified atom stereocenters. The molecule has 0 aliphatic heterocycles. The fourth-order valence-electron chi connectivity index (χ4n) is 2.30. The van der Waals surface area contributed by atoms with Crippen molar-refractivity contribution in [2.75, 3.05) is 0 Å². The van der Waals surface area contributed by atoms with Gasteiger partial charge in [-0.15, -0.1) is 11.3 Å². The van der Waals surface area contributed by atoms with Crippen molar-refractivity contribution >= 4 is 11.3 Å². The van der Waals surface area contributed by atoms with E-state index in [4.69, 9.17) is 0 Å². The highest BCUT2D eigenvalue weighted by molar-refractivity contribution is 7.10. The summed E-state index contributed by atoms with van der Waals surface area (Å²) in [7, 11) is 0. The number of rotatable bonds is 5. The fraction of sp³-hybridized carbons (Fsp3) is 0.333. The second-order valence-electron chi connectivity index (χ2n) is 4.95. The van der Waals surface area contributed by atoms with E-state index in [0.717, 1.165) is 6.07 Å². The number of benzene rings is 1. The topological polar surface area (TPSA) is 12.0 Å². The summed E-state index contributed by atoms with van der Waals surface area (Å²) in [5.41, 5.74) is 0.391. The van der Waals surface area contributed by atoms with Crippen molar-refractivity contribution in [2.45, 2.75) is 25.4 Å². The third kappa shape index (κ3) is 3.01. The molecular formula is C15H15F2NS. The highest BCUT2D eigenvalue weighted by Crippen LogP contribution is 2.42. The average Bonchev–Trinajstić information content (AvgIpc) is 3.09. The zero-order chi connectivity index (χ0) is 13.2. The van der Waals surface area contributed by atoms with Gasteiger partial charge in [0.25, 0.3) is 0 Å². The van der Waals surface area contributed by atoms with Crippen molar-refractivity contribution in [1.29, 1.82) is 0 Å². The van der Waals surface area contributed by atoms with Crippen LogP contribution in [0.1, 0.15) is 29.3 Å². The van der Waals surface area contributed by atoms with E-state index in [-0.39, 0.29) is 11.9 Å². The summed E-state index contributed by atoms with van der Waals surface area (Å²) in [6.07, 6.45) is 2.42. The first-order valence-corrected chi connectivity index (χ1v) is 7.33. The number of nitrogens with one attached hydrogen (secondary N) is 1. The van der Waals surface area contributed by atoms with Crippen molar-refractivity contribution in [2.24, 2.45) is 5.92 Å². The lowest BCUT2D eigenvalue weighted by molar-refractivity contribution is 0.475. The first kappa shape index (κ1) is 12.8. The van der Waals surface area contributed by atoms with Gasteiger partial charge < -0.3 is 5.32 Å². The molecular weight excluding hydrogens is 264 g/mol. The van der Waals surface area contributed by atoms with Crippen LogP contribution >= 0.6 is 11.3 Å². The Morgan fingerprint density at radius 2 is 2.11 bits per heavy atom. The first-order valence-electron chi connectivity index (χ1n) is 6.45. The number of hydrogen-bond donors (Lipinski definition) is 1. The zero-order valence-corrected chi connectivity index (χ0v) is 11.2. The van der Waals surface area contributed by atoms with E-state index in [2.05, 4.69) is 16.8 Å². The van der Waals surface area contributed by atoms with Gasteiger partial charge in [-0.25, -0.2) is 8.78 Å². The summed E-state index contributed by atoms with van der Waals surface area (Å²) in [6, 6.07) is 7.99. The van der Waals surface area contributed by atoms with E-state index >= 15 is 0 Å². The van der Waals surface area contributed by atoms with E-state index in [0.29, 0.717) is 18.0 Å². The van der Waals surface area contributed by atoms with Crippen LogP contribution in [0.3, 0.4) is 0 Å². The van der Waals surface area contributed by atoms with Gasteiger partial charge in [0.2, 0.25) is 0 Å². The van der Waals surface area contributed by atoms with E-state index in [9.17, 15) is 8.78 Å². The molecule has 0 spiro atoms. The summed E-state index contributed by atoms with van der Waals surface area (Å²) in [6.45, 7) is 0.364. The van der Waals surface area contributed by atoms with Gasteiger partial charge in [-0.1, -0.05) is 6.07 Å². The predicted octanol–water partition coefficient (Wildman–Crippen LogP) is 4.27. The van der Waals surface area contributed by atoms with Crippen LogP contribution in [0.15, 0.2) is 35.7 Å². The molecule has 1 aliphatic rings. The van der Waals surface area contributed by atoms with Gasteiger partial charge in [0.05, 0.1) is 0 Å². The van der Waals surface area contributed by atoms with Gasteiger partial charge in [0.1, 0.15) is 11.6 Å². The molecule has 4 heteroatoms. The van der Waals surface area contributed by atoms with E-state index in [1.165, 1.54) is 29.9 Å². The Balaban J connectivity index is 1.71. The molecule has 1 nitrogen and oxygen atoms in total. The van der Waals surface area contributed by atoms with Crippen molar-refractivity contribution in [1.82, 2.24) is 5.32 Å². The van der Waals surface area contributed by atoms with Crippen LogP contribution in [0.4, 0.5) is 8.78 Å². The molecule has 19 heavy (non-hydrogen) atoms. The Kier molecular flexibility index (Phi) is 3.62. The van der Waals surface area contributed by atoms with Gasteiger partial charge in [-0.2, -0.15) is 0 Å². The second-order valence-corrected chi connectivity index (χ2v) is 5.93. The van der Waals surface area contributed by atoms with E-state index in [1.54, 1.807) is 11.3 Å². The van der Waals surface area contributed by atoms with Crippen molar-refractivity contribution in [3.05, 3.63) is 57.8 Å². The molecule has 0 saturated heterocycles. The molecule has 1 heterocycles. The Morgan fingerprint density at radius 3 is 2.79 bits per heavy atom. The maximum Gasteiger partial charge on any atom is 0.127 e. The summed E-state index contributed by atoms with van der Waals surface area (Å²) in [5, 5.41) is 5.42. The minimum Gasteiger partial charge on any atom is -0.305 e. The number of halogens is 2. The molecule has 1 aromatic heterocycles. The minimum atomic E-state index is -0.391. The van der Waals surface area contributed by atoms with Crippen LogP contribution in [0.2, 0.25) is 0 Å². The van der Waals surface area contributed by atoms with Gasteiger partial charge in [-0.3, -0.25) is 0 Å². The standard InChI is InChI=1S/C15H15F2NS/c16-12-5-6-13(17)11(8-12)9-18-15(10-3-4-10)14-2-1-7-19-14/h1-2,5-8,10,15,18H,3-4,9H2. The normalized spacial score (nSPS) is 16.5. The number of hydrogen-bond acceptors (Lipinski definition) is 2. The van der Waals surface area contributed by atoms with Crippen molar-refractivity contribution in [3.8, 4) is 0 Å². The molecule has 1 fully saturated rings. The van der Waals surface area contributed by atoms with Crippen molar-refractivity contribution < 1.29 is 8.78 Å². The van der Waals surface area contributed by atoms with Crippen molar-refractivity contribution in [3.63, 3.8) is 0 Å². The highest BCUT2D eigenvalue weighted by atomic mass is 32.1. The third-order valence-corrected chi connectivity index (χ3v) is 4.42. The van der Waals surface area contributed by atoms with Crippen LogP contribution < -0.4 is 5.32 Å². The summed E-state index contributed by atoms with van der Waals surface area (Å²) >= 11 is 1.71. The number of thiophene rings is 1. The Hall–Kier alpha value is -1.26. The molecule has 1 N–H and O–H groups in total. The first-order chi connectivity index (χ1) is 9.24. The molecule has 0 amide bonds. The molecule has 1 atom stereocenters. The molecule has 0 radical (unpaired) electrons. The Labute approximate surface area is 115 Å². The summed E-state index contributed by atoms with van der Waals surface area (Å²) in [5.74, 6) is -0.109.